The van der Waals surface area contributed by atoms with Gasteiger partial charge in [-0.3, -0.25) is 4.79 Å². The van der Waals surface area contributed by atoms with E-state index in [1.807, 2.05) is 13.8 Å². The number of carbonyl (C=O) groups excluding carboxylic acids is 2. The molecule has 21 heavy (non-hydrogen) atoms. The normalized spacial score (nSPS) is 12.0. The van der Waals surface area contributed by atoms with Crippen LogP contribution in [-0.4, -0.2) is 53.2 Å². The number of rotatable bonds is 8. The molecule has 0 aromatic carbocycles. The van der Waals surface area contributed by atoms with Crippen molar-refractivity contribution in [3.05, 3.63) is 11.4 Å². The first-order valence-corrected chi connectivity index (χ1v) is 6.85. The molecule has 8 heteroatoms. The van der Waals surface area contributed by atoms with Gasteiger partial charge in [-0.25, -0.2) is 9.48 Å². The first kappa shape index (κ1) is 17.1. The number of ether oxygens (including phenoxy) is 2. The Bertz CT molecular complexity index is 487. The maximum absolute atomic E-state index is 11.8. The molecule has 0 bridgehead atoms. The SMILES string of the molecule is CCC(C)NC(=O)Cn1nnc(C(=O)OCCOC)c1C. The van der Waals surface area contributed by atoms with E-state index in [2.05, 4.69) is 15.6 Å². The summed E-state index contributed by atoms with van der Waals surface area (Å²) in [5.41, 5.74) is 0.610. The third kappa shape index (κ3) is 5.14. The van der Waals surface area contributed by atoms with E-state index < -0.39 is 5.97 Å². The number of carbonyl (C=O) groups is 2. The molecule has 0 saturated carbocycles. The maximum atomic E-state index is 11.8. The van der Waals surface area contributed by atoms with E-state index in [0.29, 0.717) is 12.3 Å². The fourth-order valence-corrected chi connectivity index (χ4v) is 1.54. The van der Waals surface area contributed by atoms with Gasteiger partial charge in [0, 0.05) is 13.2 Å². The molecule has 0 aliphatic carbocycles. The number of methoxy groups -OCH3 is 1. The Morgan fingerprint density at radius 1 is 1.38 bits per heavy atom. The van der Waals surface area contributed by atoms with Gasteiger partial charge in [0.15, 0.2) is 5.69 Å². The lowest BCUT2D eigenvalue weighted by Crippen LogP contribution is -2.35. The molecular formula is C13H22N4O4. The maximum Gasteiger partial charge on any atom is 0.360 e. The second-order valence-electron chi connectivity index (χ2n) is 4.69. The third-order valence-electron chi connectivity index (χ3n) is 3.01. The number of amides is 1. The zero-order valence-corrected chi connectivity index (χ0v) is 12.9. The molecule has 1 amide bonds. The summed E-state index contributed by atoms with van der Waals surface area (Å²) in [5.74, 6) is -0.741. The molecule has 1 rings (SSSR count). The predicted octanol–water partition coefficient (Wildman–Crippen LogP) is 0.304. The van der Waals surface area contributed by atoms with Crippen LogP contribution in [0.3, 0.4) is 0 Å². The lowest BCUT2D eigenvalue weighted by molar-refractivity contribution is -0.122. The van der Waals surface area contributed by atoms with Crippen molar-refractivity contribution in [3.8, 4) is 0 Å². The van der Waals surface area contributed by atoms with E-state index in [0.717, 1.165) is 6.42 Å². The predicted molar refractivity (Wildman–Crippen MR) is 74.8 cm³/mol. The molecule has 1 N–H and O–H groups in total. The Hall–Kier alpha value is -1.96. The summed E-state index contributed by atoms with van der Waals surface area (Å²) >= 11 is 0. The van der Waals surface area contributed by atoms with Gasteiger partial charge in [0.1, 0.15) is 13.2 Å². The Kier molecular flexibility index (Phi) is 6.80. The minimum Gasteiger partial charge on any atom is -0.458 e. The first-order chi connectivity index (χ1) is 9.99. The molecule has 0 saturated heterocycles. The lowest BCUT2D eigenvalue weighted by Gasteiger charge is -2.11. The first-order valence-electron chi connectivity index (χ1n) is 6.85. The van der Waals surface area contributed by atoms with Gasteiger partial charge in [0.25, 0.3) is 0 Å². The second-order valence-corrected chi connectivity index (χ2v) is 4.69. The van der Waals surface area contributed by atoms with E-state index >= 15 is 0 Å². The zero-order valence-electron chi connectivity index (χ0n) is 12.9. The van der Waals surface area contributed by atoms with Gasteiger partial charge in [0.05, 0.1) is 12.3 Å². The summed E-state index contributed by atoms with van der Waals surface area (Å²) < 4.78 is 11.1. The molecule has 8 nitrogen and oxygen atoms in total. The van der Waals surface area contributed by atoms with Crippen LogP contribution >= 0.6 is 0 Å². The number of nitrogens with zero attached hydrogens (tertiary/aromatic N) is 3. The third-order valence-corrected chi connectivity index (χ3v) is 3.01. The van der Waals surface area contributed by atoms with Crippen molar-refractivity contribution in [3.63, 3.8) is 0 Å². The number of hydrogen-bond acceptors (Lipinski definition) is 6. The number of esters is 1. The molecule has 1 aromatic heterocycles. The van der Waals surface area contributed by atoms with Gasteiger partial charge >= 0.3 is 5.97 Å². The van der Waals surface area contributed by atoms with Gasteiger partial charge < -0.3 is 14.8 Å². The van der Waals surface area contributed by atoms with E-state index in [1.165, 1.54) is 11.8 Å². The van der Waals surface area contributed by atoms with Crippen LogP contribution in [0, 0.1) is 6.92 Å². The van der Waals surface area contributed by atoms with Crippen molar-refractivity contribution in [1.82, 2.24) is 20.3 Å². The Morgan fingerprint density at radius 2 is 2.10 bits per heavy atom. The molecule has 0 aliphatic heterocycles. The van der Waals surface area contributed by atoms with Gasteiger partial charge in [-0.1, -0.05) is 12.1 Å². The Labute approximate surface area is 123 Å². The molecule has 0 radical (unpaired) electrons. The summed E-state index contributed by atoms with van der Waals surface area (Å²) in [6.07, 6.45) is 0.846. The Balaban J connectivity index is 2.62. The molecule has 1 atom stereocenters. The molecule has 0 aliphatic rings. The van der Waals surface area contributed by atoms with Crippen molar-refractivity contribution >= 4 is 11.9 Å². The van der Waals surface area contributed by atoms with Crippen LogP contribution in [0.15, 0.2) is 0 Å². The van der Waals surface area contributed by atoms with Gasteiger partial charge in [-0.05, 0) is 20.3 Å². The molecular weight excluding hydrogens is 276 g/mol. The molecule has 0 spiro atoms. The van der Waals surface area contributed by atoms with Crippen molar-refractivity contribution in [2.45, 2.75) is 39.8 Å². The highest BCUT2D eigenvalue weighted by atomic mass is 16.6. The fraction of sp³-hybridized carbons (Fsp3) is 0.692. The number of nitrogens with one attached hydrogen (secondary N) is 1. The fourth-order valence-electron chi connectivity index (χ4n) is 1.54. The van der Waals surface area contributed by atoms with Crippen LogP contribution in [0.2, 0.25) is 0 Å². The minimum absolute atomic E-state index is 0.0223. The topological polar surface area (TPSA) is 95.3 Å². The highest BCUT2D eigenvalue weighted by molar-refractivity contribution is 5.88. The van der Waals surface area contributed by atoms with Crippen LogP contribution in [-0.2, 0) is 20.8 Å². The van der Waals surface area contributed by atoms with Crippen molar-refractivity contribution in [2.75, 3.05) is 20.3 Å². The van der Waals surface area contributed by atoms with Gasteiger partial charge in [0.2, 0.25) is 5.91 Å². The largest absolute Gasteiger partial charge is 0.458 e. The molecule has 118 valence electrons. The van der Waals surface area contributed by atoms with Gasteiger partial charge in [-0.2, -0.15) is 0 Å². The molecule has 1 heterocycles. The quantitative estimate of drug-likeness (QED) is 0.548. The highest BCUT2D eigenvalue weighted by Gasteiger charge is 2.19. The summed E-state index contributed by atoms with van der Waals surface area (Å²) in [4.78, 5) is 23.6. The average Bonchev–Trinajstić information content (AvgIpc) is 2.80. The average molecular weight is 298 g/mol. The summed E-state index contributed by atoms with van der Waals surface area (Å²) in [6.45, 7) is 6.06. The molecule has 1 aromatic rings. The standard InChI is InChI=1S/C13H22N4O4/c1-5-9(2)14-11(18)8-17-10(3)12(15-16-17)13(19)21-7-6-20-4/h9H,5-8H2,1-4H3,(H,14,18). The Morgan fingerprint density at radius 3 is 2.71 bits per heavy atom. The van der Waals surface area contributed by atoms with Crippen LogP contribution in [0.5, 0.6) is 0 Å². The van der Waals surface area contributed by atoms with E-state index in [9.17, 15) is 9.59 Å². The van der Waals surface area contributed by atoms with Crippen LogP contribution < -0.4 is 5.32 Å². The molecule has 1 unspecified atom stereocenters. The van der Waals surface area contributed by atoms with Crippen LogP contribution in [0.4, 0.5) is 0 Å². The summed E-state index contributed by atoms with van der Waals surface area (Å²) in [7, 11) is 1.52. The highest BCUT2D eigenvalue weighted by Crippen LogP contribution is 2.05. The van der Waals surface area contributed by atoms with Crippen molar-refractivity contribution < 1.29 is 19.1 Å². The van der Waals surface area contributed by atoms with Gasteiger partial charge in [-0.15, -0.1) is 5.10 Å². The van der Waals surface area contributed by atoms with Crippen molar-refractivity contribution in [2.24, 2.45) is 0 Å². The summed E-state index contributed by atoms with van der Waals surface area (Å²) in [6, 6.07) is 0.0970. The monoisotopic (exact) mass is 298 g/mol. The van der Waals surface area contributed by atoms with E-state index in [1.54, 1.807) is 6.92 Å². The van der Waals surface area contributed by atoms with Crippen LogP contribution in [0.25, 0.3) is 0 Å². The number of aromatic nitrogens is 3. The second kappa shape index (κ2) is 8.35. The molecule has 0 fully saturated rings. The van der Waals surface area contributed by atoms with E-state index in [4.69, 9.17) is 9.47 Å². The smallest absolute Gasteiger partial charge is 0.360 e. The zero-order chi connectivity index (χ0) is 15.8. The van der Waals surface area contributed by atoms with Crippen LogP contribution in [0.1, 0.15) is 36.5 Å². The van der Waals surface area contributed by atoms with E-state index in [-0.39, 0.29) is 30.8 Å². The number of hydrogen-bond donors (Lipinski definition) is 1. The lowest BCUT2D eigenvalue weighted by atomic mass is 10.2. The minimum atomic E-state index is -0.571. The van der Waals surface area contributed by atoms with Crippen molar-refractivity contribution in [1.29, 1.82) is 0 Å². The summed E-state index contributed by atoms with van der Waals surface area (Å²) in [5, 5.41) is 10.4.